The average molecular weight is 315 g/mol. The van der Waals surface area contributed by atoms with Crippen molar-refractivity contribution >= 4 is 0 Å². The number of imidazole rings is 1. The van der Waals surface area contributed by atoms with Gasteiger partial charge in [-0.05, 0) is 31.9 Å². The summed E-state index contributed by atoms with van der Waals surface area (Å²) in [4.78, 5) is 4.51. The lowest BCUT2D eigenvalue weighted by Crippen LogP contribution is -2.36. The van der Waals surface area contributed by atoms with Gasteiger partial charge in [0.25, 0.3) is 0 Å². The Labute approximate surface area is 136 Å². The Kier molecular flexibility index (Phi) is 3.95. The summed E-state index contributed by atoms with van der Waals surface area (Å²) >= 11 is 0. The van der Waals surface area contributed by atoms with E-state index in [0.717, 1.165) is 63.3 Å². The van der Waals surface area contributed by atoms with Crippen molar-refractivity contribution < 1.29 is 5.11 Å². The normalized spacial score (nSPS) is 20.9. The quantitative estimate of drug-likeness (QED) is 0.908. The van der Waals surface area contributed by atoms with E-state index >= 15 is 0 Å². The molecular formula is C17H25N5O. The van der Waals surface area contributed by atoms with Gasteiger partial charge < -0.3 is 15.0 Å². The number of nitrogens with one attached hydrogen (secondary N) is 1. The van der Waals surface area contributed by atoms with Gasteiger partial charge in [0.05, 0.1) is 17.8 Å². The van der Waals surface area contributed by atoms with Crippen LogP contribution in [0.4, 0.5) is 0 Å². The van der Waals surface area contributed by atoms with E-state index in [9.17, 15) is 5.11 Å². The van der Waals surface area contributed by atoms with E-state index in [1.165, 1.54) is 12.1 Å². The maximum Gasteiger partial charge on any atom is 0.160 e. The van der Waals surface area contributed by atoms with Crippen LogP contribution >= 0.6 is 0 Å². The van der Waals surface area contributed by atoms with Gasteiger partial charge in [-0.15, -0.1) is 0 Å². The first-order valence-corrected chi connectivity index (χ1v) is 8.75. The van der Waals surface area contributed by atoms with Crippen molar-refractivity contribution in [2.75, 3.05) is 6.54 Å². The van der Waals surface area contributed by atoms with Gasteiger partial charge >= 0.3 is 0 Å². The number of hydrogen-bond donors (Lipinski definition) is 2. The molecule has 0 spiro atoms. The Morgan fingerprint density at radius 1 is 1.22 bits per heavy atom. The van der Waals surface area contributed by atoms with Gasteiger partial charge in [0.2, 0.25) is 0 Å². The fraction of sp³-hybridized carbons (Fsp3) is 0.647. The Balaban J connectivity index is 1.59. The summed E-state index contributed by atoms with van der Waals surface area (Å²) in [6.45, 7) is 3.47. The number of fused-ring (bicyclic) bond motifs is 1. The van der Waals surface area contributed by atoms with Gasteiger partial charge in [-0.3, -0.25) is 4.68 Å². The largest absolute Gasteiger partial charge is 0.388 e. The highest BCUT2D eigenvalue weighted by molar-refractivity contribution is 5.50. The molecule has 1 fully saturated rings. The minimum Gasteiger partial charge on any atom is -0.388 e. The summed E-state index contributed by atoms with van der Waals surface area (Å²) in [6, 6.07) is 2.13. The molecule has 6 nitrogen and oxygen atoms in total. The third-order valence-electron chi connectivity index (χ3n) is 5.09. The molecule has 2 aromatic rings. The summed E-state index contributed by atoms with van der Waals surface area (Å²) in [5.74, 6) is 0.865. The van der Waals surface area contributed by atoms with Crippen LogP contribution in [0.3, 0.4) is 0 Å². The van der Waals surface area contributed by atoms with Gasteiger partial charge in [0, 0.05) is 25.5 Å². The molecule has 0 saturated heterocycles. The van der Waals surface area contributed by atoms with Crippen LogP contribution in [0.15, 0.2) is 18.5 Å². The number of nitrogens with zero attached hydrogens (tertiary/aromatic N) is 4. The molecule has 2 N–H and O–H groups in total. The minimum atomic E-state index is -0.591. The molecule has 2 aliphatic rings. The van der Waals surface area contributed by atoms with Gasteiger partial charge in [-0.2, -0.15) is 5.10 Å². The number of rotatable bonds is 3. The number of hydrogen-bond acceptors (Lipinski definition) is 4. The molecule has 0 atom stereocenters. The molecule has 1 aliphatic heterocycles. The van der Waals surface area contributed by atoms with Crippen LogP contribution in [0.5, 0.6) is 0 Å². The maximum atomic E-state index is 10.8. The molecule has 0 radical (unpaired) electrons. The molecule has 2 aromatic heterocycles. The van der Waals surface area contributed by atoms with Crippen molar-refractivity contribution in [1.29, 1.82) is 0 Å². The zero-order chi connectivity index (χ0) is 15.7. The van der Waals surface area contributed by atoms with E-state index in [1.807, 2.05) is 12.4 Å². The first-order chi connectivity index (χ1) is 11.2. The van der Waals surface area contributed by atoms with Crippen molar-refractivity contribution in [3.05, 3.63) is 24.2 Å². The molecule has 0 bridgehead atoms. The Hall–Kier alpha value is -1.66. The Bertz CT molecular complexity index is 645. The second kappa shape index (κ2) is 6.09. The second-order valence-corrected chi connectivity index (χ2v) is 6.94. The zero-order valence-electron chi connectivity index (χ0n) is 13.5. The molecular weight excluding hydrogens is 290 g/mol. The van der Waals surface area contributed by atoms with E-state index in [1.54, 1.807) is 0 Å². The van der Waals surface area contributed by atoms with Crippen LogP contribution in [-0.2, 0) is 19.6 Å². The molecule has 23 heavy (non-hydrogen) atoms. The molecule has 3 heterocycles. The third-order valence-corrected chi connectivity index (χ3v) is 5.09. The zero-order valence-corrected chi connectivity index (χ0v) is 13.5. The van der Waals surface area contributed by atoms with Gasteiger partial charge in [0.15, 0.2) is 5.82 Å². The first kappa shape index (κ1) is 14.9. The van der Waals surface area contributed by atoms with Crippen molar-refractivity contribution in [3.8, 4) is 11.5 Å². The molecule has 4 rings (SSSR count). The van der Waals surface area contributed by atoms with Gasteiger partial charge in [-0.25, -0.2) is 4.98 Å². The number of aliphatic hydroxyl groups is 1. The van der Waals surface area contributed by atoms with Crippen LogP contribution < -0.4 is 5.32 Å². The minimum absolute atomic E-state index is 0.591. The van der Waals surface area contributed by atoms with Crippen molar-refractivity contribution in [2.24, 2.45) is 0 Å². The van der Waals surface area contributed by atoms with E-state index in [4.69, 9.17) is 5.10 Å². The summed E-state index contributed by atoms with van der Waals surface area (Å²) < 4.78 is 4.16. The molecule has 0 aromatic carbocycles. The SMILES string of the molecule is OC1(Cn2ccnc2-c2cc3n(n2)CCCNC3)CCCCC1. The highest BCUT2D eigenvalue weighted by atomic mass is 16.3. The van der Waals surface area contributed by atoms with E-state index < -0.39 is 5.60 Å². The van der Waals surface area contributed by atoms with Gasteiger partial charge in [-0.1, -0.05) is 19.3 Å². The summed E-state index contributed by atoms with van der Waals surface area (Å²) in [5, 5.41) is 19.0. The van der Waals surface area contributed by atoms with E-state index in [-0.39, 0.29) is 0 Å². The van der Waals surface area contributed by atoms with Crippen LogP contribution in [0.1, 0.15) is 44.2 Å². The topological polar surface area (TPSA) is 67.9 Å². The molecule has 0 amide bonds. The fourth-order valence-corrected chi connectivity index (χ4v) is 3.83. The maximum absolute atomic E-state index is 10.8. The van der Waals surface area contributed by atoms with Crippen molar-refractivity contribution in [2.45, 2.75) is 63.8 Å². The summed E-state index contributed by atoms with van der Waals surface area (Å²) in [6.07, 6.45) is 10.1. The Morgan fingerprint density at radius 2 is 2.09 bits per heavy atom. The van der Waals surface area contributed by atoms with Crippen LogP contribution in [-0.4, -0.2) is 36.6 Å². The first-order valence-electron chi connectivity index (χ1n) is 8.75. The molecule has 1 saturated carbocycles. The van der Waals surface area contributed by atoms with Crippen LogP contribution in [0, 0.1) is 0 Å². The van der Waals surface area contributed by atoms with Gasteiger partial charge in [0.1, 0.15) is 5.69 Å². The van der Waals surface area contributed by atoms with E-state index in [2.05, 4.69) is 25.6 Å². The fourth-order valence-electron chi connectivity index (χ4n) is 3.83. The Morgan fingerprint density at radius 3 is 2.96 bits per heavy atom. The molecule has 1 aliphatic carbocycles. The van der Waals surface area contributed by atoms with Crippen molar-refractivity contribution in [1.82, 2.24) is 24.6 Å². The average Bonchev–Trinajstić information content (AvgIpc) is 3.09. The standard InChI is InChI=1S/C17H25N5O/c23-17(5-2-1-3-6-17)13-21-10-8-19-16(21)15-11-14-12-18-7-4-9-22(14)20-15/h8,10-11,18,23H,1-7,9,12-13H2. The molecule has 0 unspecified atom stereocenters. The number of aromatic nitrogens is 4. The monoisotopic (exact) mass is 315 g/mol. The molecule has 124 valence electrons. The highest BCUT2D eigenvalue weighted by Gasteiger charge is 2.30. The second-order valence-electron chi connectivity index (χ2n) is 6.94. The summed E-state index contributed by atoms with van der Waals surface area (Å²) in [7, 11) is 0. The predicted molar refractivity (Wildman–Crippen MR) is 87.8 cm³/mol. The van der Waals surface area contributed by atoms with E-state index in [0.29, 0.717) is 6.54 Å². The van der Waals surface area contributed by atoms with Crippen molar-refractivity contribution in [3.63, 3.8) is 0 Å². The third kappa shape index (κ3) is 3.05. The lowest BCUT2D eigenvalue weighted by Gasteiger charge is -2.32. The number of aryl methyl sites for hydroxylation is 1. The predicted octanol–water partition coefficient (Wildman–Crippen LogP) is 1.94. The molecule has 6 heteroatoms. The highest BCUT2D eigenvalue weighted by Crippen LogP contribution is 2.31. The lowest BCUT2D eigenvalue weighted by atomic mass is 9.85. The lowest BCUT2D eigenvalue weighted by molar-refractivity contribution is -0.0111. The summed E-state index contributed by atoms with van der Waals surface area (Å²) in [5.41, 5.74) is 1.53. The van der Waals surface area contributed by atoms with Crippen LogP contribution in [0.25, 0.3) is 11.5 Å². The van der Waals surface area contributed by atoms with Crippen LogP contribution in [0.2, 0.25) is 0 Å². The smallest absolute Gasteiger partial charge is 0.160 e.